The molecule has 0 bridgehead atoms. The van der Waals surface area contributed by atoms with Gasteiger partial charge in [0.15, 0.2) is 0 Å². The van der Waals surface area contributed by atoms with Crippen LogP contribution in [0.1, 0.15) is 50.3 Å². The van der Waals surface area contributed by atoms with Crippen LogP contribution in [0.3, 0.4) is 0 Å². The summed E-state index contributed by atoms with van der Waals surface area (Å²) in [7, 11) is 4.99. The van der Waals surface area contributed by atoms with Crippen molar-refractivity contribution in [3.05, 3.63) is 16.3 Å². The second-order valence-corrected chi connectivity index (χ2v) is 7.54. The Morgan fingerprint density at radius 1 is 1.40 bits per heavy atom. The molecule has 2 aliphatic rings. The number of aliphatic hydroxyl groups is 1. The van der Waals surface area contributed by atoms with Crippen LogP contribution in [-0.4, -0.2) is 50.7 Å². The molecule has 0 aromatic carbocycles. The minimum absolute atomic E-state index is 0.0223. The lowest BCUT2D eigenvalue weighted by molar-refractivity contribution is -0.134. The van der Waals surface area contributed by atoms with Crippen LogP contribution in [0.2, 0.25) is 0 Å². The Hall–Kier alpha value is -1.67. The summed E-state index contributed by atoms with van der Waals surface area (Å²) in [4.78, 5) is 24.0. The highest BCUT2D eigenvalue weighted by atomic mass is 16.5. The number of rotatable bonds is 6. The maximum absolute atomic E-state index is 12.2. The third-order valence-corrected chi connectivity index (χ3v) is 5.92. The fraction of sp³-hybridized carbons (Fsp3) is 0.824. The van der Waals surface area contributed by atoms with Gasteiger partial charge in [-0.05, 0) is 32.1 Å². The number of aromatic nitrogens is 3. The van der Waals surface area contributed by atoms with Gasteiger partial charge in [-0.25, -0.2) is 9.48 Å². The first-order valence-corrected chi connectivity index (χ1v) is 8.95. The molecule has 1 amide bonds. The van der Waals surface area contributed by atoms with Gasteiger partial charge in [0.1, 0.15) is 5.82 Å². The molecule has 3 rings (SSSR count). The van der Waals surface area contributed by atoms with Crippen molar-refractivity contribution in [2.45, 2.75) is 56.1 Å². The van der Waals surface area contributed by atoms with Gasteiger partial charge in [0.2, 0.25) is 5.91 Å². The molecule has 2 N–H and O–H groups in total. The van der Waals surface area contributed by atoms with Crippen LogP contribution in [0.4, 0.5) is 0 Å². The zero-order chi connectivity index (χ0) is 18.2. The number of carbonyl (C=O) groups excluding carboxylic acids is 1. The maximum Gasteiger partial charge on any atom is 0.345 e. The molecule has 2 saturated carbocycles. The van der Waals surface area contributed by atoms with Crippen LogP contribution in [0.15, 0.2) is 4.79 Å². The predicted molar refractivity (Wildman–Crippen MR) is 91.1 cm³/mol. The molecule has 2 aliphatic carbocycles. The van der Waals surface area contributed by atoms with E-state index < -0.39 is 6.10 Å². The Kier molecular flexibility index (Phi) is 5.02. The highest BCUT2D eigenvalue weighted by molar-refractivity contribution is 5.77. The number of ether oxygens (including phenoxy) is 1. The molecular formula is C17H28N4O4. The summed E-state index contributed by atoms with van der Waals surface area (Å²) in [6.45, 7) is 0.442. The van der Waals surface area contributed by atoms with Crippen LogP contribution in [0, 0.1) is 5.92 Å². The first kappa shape index (κ1) is 18.1. The second-order valence-electron chi connectivity index (χ2n) is 7.54. The lowest BCUT2D eigenvalue weighted by Gasteiger charge is -2.40. The third kappa shape index (κ3) is 3.50. The predicted octanol–water partition coefficient (Wildman–Crippen LogP) is 0.0487. The molecule has 25 heavy (non-hydrogen) atoms. The van der Waals surface area contributed by atoms with E-state index in [1.54, 1.807) is 21.2 Å². The third-order valence-electron chi connectivity index (χ3n) is 5.92. The topological polar surface area (TPSA) is 98.4 Å². The van der Waals surface area contributed by atoms with Gasteiger partial charge in [0.05, 0.1) is 18.1 Å². The van der Waals surface area contributed by atoms with Gasteiger partial charge >= 0.3 is 5.69 Å². The lowest BCUT2D eigenvalue weighted by atomic mass is 9.77. The van der Waals surface area contributed by atoms with Crippen molar-refractivity contribution < 1.29 is 14.6 Å². The monoisotopic (exact) mass is 352 g/mol. The van der Waals surface area contributed by atoms with Crippen LogP contribution in [-0.2, 0) is 23.6 Å². The fourth-order valence-corrected chi connectivity index (χ4v) is 4.09. The van der Waals surface area contributed by atoms with Crippen LogP contribution >= 0.6 is 0 Å². The summed E-state index contributed by atoms with van der Waals surface area (Å²) < 4.78 is 8.34. The number of nitrogens with zero attached hydrogens (tertiary/aromatic N) is 3. The number of aryl methyl sites for hydroxylation is 1. The maximum atomic E-state index is 12.2. The number of aliphatic hydroxyl groups excluding tert-OH is 1. The molecule has 3 atom stereocenters. The molecule has 0 radical (unpaired) electrons. The number of amides is 1. The van der Waals surface area contributed by atoms with E-state index in [0.29, 0.717) is 31.6 Å². The van der Waals surface area contributed by atoms with Gasteiger partial charge in [-0.2, -0.15) is 5.10 Å². The van der Waals surface area contributed by atoms with Crippen molar-refractivity contribution in [2.75, 3.05) is 13.7 Å². The van der Waals surface area contributed by atoms with Gasteiger partial charge in [-0.1, -0.05) is 0 Å². The van der Waals surface area contributed by atoms with Crippen molar-refractivity contribution in [1.29, 1.82) is 0 Å². The van der Waals surface area contributed by atoms with E-state index in [1.165, 1.54) is 9.25 Å². The summed E-state index contributed by atoms with van der Waals surface area (Å²) in [5.74, 6) is 0.689. The lowest BCUT2D eigenvalue weighted by Crippen LogP contribution is -2.45. The van der Waals surface area contributed by atoms with E-state index in [0.717, 1.165) is 19.3 Å². The Bertz CT molecular complexity index is 686. The van der Waals surface area contributed by atoms with Gasteiger partial charge in [-0.15, -0.1) is 0 Å². The fourth-order valence-electron chi connectivity index (χ4n) is 4.09. The average molecular weight is 352 g/mol. The Morgan fingerprint density at radius 2 is 2.12 bits per heavy atom. The molecule has 0 spiro atoms. The van der Waals surface area contributed by atoms with E-state index in [4.69, 9.17) is 4.74 Å². The highest BCUT2D eigenvalue weighted by Crippen LogP contribution is 2.39. The summed E-state index contributed by atoms with van der Waals surface area (Å²) in [5, 5.41) is 17.6. The van der Waals surface area contributed by atoms with E-state index >= 15 is 0 Å². The Morgan fingerprint density at radius 3 is 2.64 bits per heavy atom. The summed E-state index contributed by atoms with van der Waals surface area (Å²) >= 11 is 0. The first-order chi connectivity index (χ1) is 11.8. The molecule has 1 aromatic rings. The van der Waals surface area contributed by atoms with Gasteiger partial charge < -0.3 is 15.2 Å². The Labute approximate surface area is 147 Å². The molecule has 8 nitrogen and oxygen atoms in total. The summed E-state index contributed by atoms with van der Waals surface area (Å²) in [6, 6.07) is 0. The van der Waals surface area contributed by atoms with Crippen LogP contribution < -0.4 is 11.0 Å². The molecule has 1 aromatic heterocycles. The van der Waals surface area contributed by atoms with E-state index in [1.807, 2.05) is 0 Å². The van der Waals surface area contributed by atoms with Crippen molar-refractivity contribution in [3.8, 4) is 0 Å². The minimum atomic E-state index is -0.498. The van der Waals surface area contributed by atoms with Gasteiger partial charge in [-0.3, -0.25) is 9.36 Å². The van der Waals surface area contributed by atoms with E-state index in [-0.39, 0.29) is 29.0 Å². The van der Waals surface area contributed by atoms with Crippen LogP contribution in [0.25, 0.3) is 0 Å². The number of nitrogens with one attached hydrogen (secondary N) is 1. The molecule has 1 heterocycles. The summed E-state index contributed by atoms with van der Waals surface area (Å²) in [6.07, 6.45) is 4.12. The van der Waals surface area contributed by atoms with E-state index in [9.17, 15) is 14.7 Å². The second kappa shape index (κ2) is 6.92. The van der Waals surface area contributed by atoms with Crippen LogP contribution in [0.5, 0.6) is 0 Å². The number of methoxy groups -OCH3 is 1. The minimum Gasteiger partial charge on any atom is -0.393 e. The normalized spacial score (nSPS) is 27.9. The number of hydrogen-bond donors (Lipinski definition) is 2. The largest absolute Gasteiger partial charge is 0.393 e. The molecule has 0 unspecified atom stereocenters. The SMILES string of the molecule is COC1(CC(=O)NC[C@H]2C[C@H](c3nn(C)c(=O)n3C)C[C@H]2O)CCC1. The van der Waals surface area contributed by atoms with Gasteiger partial charge in [0.25, 0.3) is 0 Å². The van der Waals surface area contributed by atoms with Crippen molar-refractivity contribution in [1.82, 2.24) is 19.7 Å². The Balaban J connectivity index is 1.54. The molecule has 2 fully saturated rings. The number of carbonyl (C=O) groups is 1. The average Bonchev–Trinajstić information content (AvgIpc) is 3.04. The van der Waals surface area contributed by atoms with Crippen molar-refractivity contribution >= 4 is 5.91 Å². The molecule has 8 heteroatoms. The van der Waals surface area contributed by atoms with E-state index in [2.05, 4.69) is 10.4 Å². The number of hydrogen-bond acceptors (Lipinski definition) is 5. The molecule has 140 valence electrons. The first-order valence-electron chi connectivity index (χ1n) is 8.95. The zero-order valence-corrected chi connectivity index (χ0v) is 15.2. The van der Waals surface area contributed by atoms with Crippen molar-refractivity contribution in [3.63, 3.8) is 0 Å². The zero-order valence-electron chi connectivity index (χ0n) is 15.2. The summed E-state index contributed by atoms with van der Waals surface area (Å²) in [5.41, 5.74) is -0.445. The quantitative estimate of drug-likeness (QED) is 0.754. The molecular weight excluding hydrogens is 324 g/mol. The molecule has 0 aliphatic heterocycles. The van der Waals surface area contributed by atoms with Crippen molar-refractivity contribution in [2.24, 2.45) is 20.0 Å². The smallest absolute Gasteiger partial charge is 0.345 e. The van der Waals surface area contributed by atoms with Gasteiger partial charge in [0, 0.05) is 39.6 Å². The molecule has 0 saturated heterocycles. The highest BCUT2D eigenvalue weighted by Gasteiger charge is 2.40. The standard InChI is InChI=1S/C17H28N4O4/c1-20-15(19-21(2)16(20)24)11-7-12(13(22)8-11)10-18-14(23)9-17(25-3)5-4-6-17/h11-13,22H,4-10H2,1-3H3,(H,18,23)/t11-,12+,13+/m0/s1.